The number of ketones is 1. The highest BCUT2D eigenvalue weighted by molar-refractivity contribution is 14.0. The van der Waals surface area contributed by atoms with Gasteiger partial charge < -0.3 is 28.2 Å². The molecule has 7 nitrogen and oxygen atoms in total. The summed E-state index contributed by atoms with van der Waals surface area (Å²) in [6, 6.07) is 7.23. The molecule has 2 aliphatic heterocycles. The number of fused-ring (bicyclic) bond motifs is 2. The van der Waals surface area contributed by atoms with Crippen LogP contribution in [0.2, 0.25) is 0 Å². The lowest BCUT2D eigenvalue weighted by molar-refractivity contribution is -0.922. The first-order valence-corrected chi connectivity index (χ1v) is 9.97. The molecule has 2 aliphatic rings. The van der Waals surface area contributed by atoms with Gasteiger partial charge in [0.2, 0.25) is 12.5 Å². The number of methoxy groups -OCH3 is 3. The Balaban J connectivity index is 0.00000272. The number of hydrogen-bond donors (Lipinski definition) is 0. The van der Waals surface area contributed by atoms with E-state index in [4.69, 9.17) is 23.7 Å². The van der Waals surface area contributed by atoms with Crippen LogP contribution in [-0.2, 0) is 6.42 Å². The first kappa shape index (κ1) is 23.5. The highest BCUT2D eigenvalue weighted by Crippen LogP contribution is 2.51. The van der Waals surface area contributed by atoms with Crippen molar-refractivity contribution < 1.29 is 33.0 Å². The topological polar surface area (TPSA) is 63.2 Å². The molecule has 168 valence electrons. The van der Waals surface area contributed by atoms with Gasteiger partial charge in [0, 0.05) is 12.5 Å². The van der Waals surface area contributed by atoms with E-state index in [2.05, 4.69) is 14.1 Å². The van der Waals surface area contributed by atoms with E-state index in [1.807, 2.05) is 6.07 Å². The minimum atomic E-state index is -0.0856. The van der Waals surface area contributed by atoms with Crippen molar-refractivity contribution in [1.82, 2.24) is 0 Å². The van der Waals surface area contributed by atoms with Crippen LogP contribution in [0.15, 0.2) is 24.3 Å². The number of carbonyl (C=O) groups excluding carboxylic acids is 1. The summed E-state index contributed by atoms with van der Waals surface area (Å²) in [4.78, 5) is 13.4. The second kappa shape index (κ2) is 9.12. The zero-order chi connectivity index (χ0) is 21.5. The van der Waals surface area contributed by atoms with Gasteiger partial charge in [-0.2, -0.15) is 0 Å². The number of carbonyl (C=O) groups is 1. The second-order valence-corrected chi connectivity index (χ2v) is 8.18. The number of quaternary nitrogens is 1. The normalized spacial score (nSPS) is 17.9. The SMILES string of the molecule is COc1ccc(C(=O)CC2c3c(cc4c(c3OC)OCO4)CC[N+]2(C)C)c(OC)c1.I. The number of likely N-dealkylation sites (N-methyl/N-ethyl adjacent to an activating group) is 1. The Kier molecular flexibility index (Phi) is 6.90. The van der Waals surface area contributed by atoms with Crippen LogP contribution in [0.25, 0.3) is 0 Å². The smallest absolute Gasteiger partial charge is 0.231 e. The molecule has 0 fully saturated rings. The number of rotatable bonds is 6. The molecule has 0 N–H and O–H groups in total. The highest BCUT2D eigenvalue weighted by atomic mass is 127. The van der Waals surface area contributed by atoms with E-state index in [-0.39, 0.29) is 42.6 Å². The van der Waals surface area contributed by atoms with Gasteiger partial charge in [0.15, 0.2) is 17.3 Å². The fourth-order valence-corrected chi connectivity index (χ4v) is 4.43. The van der Waals surface area contributed by atoms with E-state index in [0.717, 1.165) is 24.1 Å². The minimum Gasteiger partial charge on any atom is -0.497 e. The van der Waals surface area contributed by atoms with Crippen molar-refractivity contribution in [3.05, 3.63) is 41.0 Å². The summed E-state index contributed by atoms with van der Waals surface area (Å²) >= 11 is 0. The Morgan fingerprint density at radius 2 is 1.87 bits per heavy atom. The van der Waals surface area contributed by atoms with Gasteiger partial charge in [-0.1, -0.05) is 0 Å². The van der Waals surface area contributed by atoms with E-state index in [9.17, 15) is 4.79 Å². The zero-order valence-corrected chi connectivity index (χ0v) is 20.9. The summed E-state index contributed by atoms with van der Waals surface area (Å²) in [6.45, 7) is 1.09. The molecule has 1 unspecified atom stereocenters. The van der Waals surface area contributed by atoms with Gasteiger partial charge in [-0.3, -0.25) is 4.79 Å². The Bertz CT molecular complexity index is 991. The van der Waals surface area contributed by atoms with E-state index in [1.165, 1.54) is 0 Å². The van der Waals surface area contributed by atoms with Crippen molar-refractivity contribution in [2.24, 2.45) is 0 Å². The van der Waals surface area contributed by atoms with Crippen LogP contribution in [-0.4, -0.2) is 59.0 Å². The molecule has 2 aromatic carbocycles. The number of ether oxygens (including phenoxy) is 5. The molecule has 0 aliphatic carbocycles. The molecule has 0 radical (unpaired) electrons. The molecule has 4 rings (SSSR count). The largest absolute Gasteiger partial charge is 0.497 e. The van der Waals surface area contributed by atoms with Crippen LogP contribution in [0.1, 0.15) is 33.9 Å². The van der Waals surface area contributed by atoms with Gasteiger partial charge in [0.05, 0.1) is 59.5 Å². The number of nitrogens with zero attached hydrogens (tertiary/aromatic N) is 1. The Morgan fingerprint density at radius 3 is 2.55 bits per heavy atom. The second-order valence-electron chi connectivity index (χ2n) is 8.18. The average Bonchev–Trinajstić information content (AvgIpc) is 3.21. The van der Waals surface area contributed by atoms with Crippen molar-refractivity contribution in [2.75, 3.05) is 48.8 Å². The maximum atomic E-state index is 13.4. The first-order chi connectivity index (χ1) is 14.4. The van der Waals surface area contributed by atoms with Crippen molar-refractivity contribution in [3.63, 3.8) is 0 Å². The molecular formula is C23H29INO6+. The molecule has 2 heterocycles. The zero-order valence-electron chi connectivity index (χ0n) is 18.5. The molecular weight excluding hydrogens is 513 g/mol. The minimum absolute atomic E-state index is 0. The maximum absolute atomic E-state index is 13.4. The fourth-order valence-electron chi connectivity index (χ4n) is 4.43. The highest BCUT2D eigenvalue weighted by Gasteiger charge is 2.42. The van der Waals surface area contributed by atoms with Gasteiger partial charge in [0.25, 0.3) is 0 Å². The van der Waals surface area contributed by atoms with Gasteiger partial charge in [-0.25, -0.2) is 0 Å². The fraction of sp³-hybridized carbons (Fsp3) is 0.435. The van der Waals surface area contributed by atoms with Crippen LogP contribution in [0, 0.1) is 0 Å². The van der Waals surface area contributed by atoms with Crippen LogP contribution in [0.4, 0.5) is 0 Å². The Morgan fingerprint density at radius 1 is 1.10 bits per heavy atom. The lowest BCUT2D eigenvalue weighted by atomic mass is 9.85. The maximum Gasteiger partial charge on any atom is 0.231 e. The molecule has 2 aromatic rings. The molecule has 0 aromatic heterocycles. The summed E-state index contributed by atoms with van der Waals surface area (Å²) in [6.07, 6.45) is 1.20. The van der Waals surface area contributed by atoms with Crippen LogP contribution < -0.4 is 23.7 Å². The van der Waals surface area contributed by atoms with Crippen molar-refractivity contribution >= 4 is 29.8 Å². The Labute approximate surface area is 199 Å². The van der Waals surface area contributed by atoms with E-state index >= 15 is 0 Å². The molecule has 0 spiro atoms. The van der Waals surface area contributed by atoms with Gasteiger partial charge in [-0.05, 0) is 23.8 Å². The summed E-state index contributed by atoms with van der Waals surface area (Å²) in [5.41, 5.74) is 2.72. The van der Waals surface area contributed by atoms with Gasteiger partial charge >= 0.3 is 0 Å². The van der Waals surface area contributed by atoms with Crippen LogP contribution >= 0.6 is 24.0 Å². The van der Waals surface area contributed by atoms with E-state index in [0.29, 0.717) is 45.2 Å². The number of hydrogen-bond acceptors (Lipinski definition) is 6. The third kappa shape index (κ3) is 4.15. The summed E-state index contributed by atoms with van der Waals surface area (Å²) in [7, 11) is 9.08. The average molecular weight is 542 g/mol. The molecule has 0 saturated carbocycles. The van der Waals surface area contributed by atoms with Crippen LogP contribution in [0.3, 0.4) is 0 Å². The predicted octanol–water partition coefficient (Wildman–Crippen LogP) is 4.01. The Hall–Kier alpha value is -2.20. The van der Waals surface area contributed by atoms with Crippen molar-refractivity contribution in [2.45, 2.75) is 18.9 Å². The molecule has 1 atom stereocenters. The summed E-state index contributed by atoms with van der Waals surface area (Å²) in [5, 5.41) is 0. The lowest BCUT2D eigenvalue weighted by Crippen LogP contribution is -2.48. The van der Waals surface area contributed by atoms with Gasteiger partial charge in [0.1, 0.15) is 17.5 Å². The monoisotopic (exact) mass is 542 g/mol. The molecule has 8 heteroatoms. The third-order valence-corrected chi connectivity index (χ3v) is 6.17. The molecule has 0 amide bonds. The summed E-state index contributed by atoms with van der Waals surface area (Å²) in [5.74, 6) is 3.18. The lowest BCUT2D eigenvalue weighted by Gasteiger charge is -2.43. The standard InChI is InChI=1S/C23H28NO6.HI/c1-24(2)9-8-14-10-20-22(30-13-29-20)23(28-5)21(14)17(24)12-18(25)16-7-6-15(26-3)11-19(16)27-4;/h6-7,10-11,17H,8-9,12-13H2,1-5H3;1H/q+1;. The number of Topliss-reactive ketones (excluding diaryl/α,β-unsaturated/α-hetero) is 1. The predicted molar refractivity (Wildman–Crippen MR) is 126 cm³/mol. The third-order valence-electron chi connectivity index (χ3n) is 6.17. The van der Waals surface area contributed by atoms with Gasteiger partial charge in [-0.15, -0.1) is 24.0 Å². The number of benzene rings is 2. The van der Waals surface area contributed by atoms with E-state index < -0.39 is 0 Å². The molecule has 0 bridgehead atoms. The van der Waals surface area contributed by atoms with E-state index in [1.54, 1.807) is 39.5 Å². The number of halogens is 1. The van der Waals surface area contributed by atoms with Crippen LogP contribution in [0.5, 0.6) is 28.7 Å². The quantitative estimate of drug-likeness (QED) is 0.313. The first-order valence-electron chi connectivity index (χ1n) is 9.97. The van der Waals surface area contributed by atoms with Crippen molar-refractivity contribution in [3.8, 4) is 28.7 Å². The summed E-state index contributed by atoms with van der Waals surface area (Å²) < 4.78 is 28.4. The van der Waals surface area contributed by atoms with Crippen molar-refractivity contribution in [1.29, 1.82) is 0 Å². The molecule has 0 saturated heterocycles. The molecule has 31 heavy (non-hydrogen) atoms.